The quantitative estimate of drug-likeness (QED) is 0.670. The fourth-order valence-corrected chi connectivity index (χ4v) is 2.38. The molecule has 5 nitrogen and oxygen atoms in total. The second-order valence-corrected chi connectivity index (χ2v) is 4.89. The second-order valence-electron chi connectivity index (χ2n) is 3.86. The lowest BCUT2D eigenvalue weighted by Crippen LogP contribution is -2.04. The van der Waals surface area contributed by atoms with Crippen LogP contribution in [0.1, 0.15) is 10.4 Å². The number of hydrogen-bond acceptors (Lipinski definition) is 5. The third kappa shape index (κ3) is 3.30. The van der Waals surface area contributed by atoms with E-state index in [1.807, 2.05) is 23.6 Å². The van der Waals surface area contributed by atoms with Crippen LogP contribution >= 0.6 is 11.3 Å². The number of nitro benzene ring substituents is 1. The normalized spacial score (nSPS) is 9.84. The maximum Gasteiger partial charge on any atom is 0.289 e. The van der Waals surface area contributed by atoms with Gasteiger partial charge in [0, 0.05) is 23.2 Å². The molecule has 0 radical (unpaired) electrons. The maximum atomic E-state index is 10.8. The van der Waals surface area contributed by atoms with Crippen LogP contribution in [0.25, 0.3) is 0 Å². The van der Waals surface area contributed by atoms with Crippen LogP contribution in [-0.4, -0.2) is 11.5 Å². The van der Waals surface area contributed by atoms with Crippen molar-refractivity contribution in [1.82, 2.24) is 0 Å². The molecule has 0 saturated carbocycles. The van der Waals surface area contributed by atoms with Crippen LogP contribution in [0, 0.1) is 21.4 Å². The molecule has 96 valence electrons. The van der Waals surface area contributed by atoms with Crippen LogP contribution < -0.4 is 5.32 Å². The van der Waals surface area contributed by atoms with E-state index in [1.54, 1.807) is 17.4 Å². The average Bonchev–Trinajstić information content (AvgIpc) is 2.91. The van der Waals surface area contributed by atoms with Gasteiger partial charge >= 0.3 is 0 Å². The minimum Gasteiger partial charge on any atom is -0.384 e. The van der Waals surface area contributed by atoms with Gasteiger partial charge in [-0.15, -0.1) is 11.3 Å². The first-order valence-corrected chi connectivity index (χ1v) is 6.53. The number of nitriles is 1. The van der Waals surface area contributed by atoms with Gasteiger partial charge in [-0.3, -0.25) is 10.1 Å². The van der Waals surface area contributed by atoms with Gasteiger partial charge in [-0.1, -0.05) is 6.07 Å². The Balaban J connectivity index is 2.03. The average molecular weight is 273 g/mol. The summed E-state index contributed by atoms with van der Waals surface area (Å²) in [6.07, 6.45) is 0.867. The second kappa shape index (κ2) is 5.98. The number of anilines is 1. The van der Waals surface area contributed by atoms with Crippen molar-refractivity contribution in [1.29, 1.82) is 5.26 Å². The van der Waals surface area contributed by atoms with Gasteiger partial charge in [-0.2, -0.15) is 5.26 Å². The van der Waals surface area contributed by atoms with Crippen LogP contribution in [0.15, 0.2) is 35.7 Å². The van der Waals surface area contributed by atoms with Gasteiger partial charge in [0.05, 0.1) is 4.92 Å². The van der Waals surface area contributed by atoms with Crippen molar-refractivity contribution < 1.29 is 4.92 Å². The summed E-state index contributed by atoms with van der Waals surface area (Å²) in [7, 11) is 0. The summed E-state index contributed by atoms with van der Waals surface area (Å²) in [6.45, 7) is 0.698. The Hall–Kier alpha value is -2.39. The van der Waals surface area contributed by atoms with Gasteiger partial charge in [0.25, 0.3) is 5.69 Å². The van der Waals surface area contributed by atoms with Crippen molar-refractivity contribution in [3.63, 3.8) is 0 Å². The molecule has 0 bridgehead atoms. The van der Waals surface area contributed by atoms with Crippen molar-refractivity contribution in [2.24, 2.45) is 0 Å². The Kier molecular flexibility index (Phi) is 4.11. The van der Waals surface area contributed by atoms with Crippen LogP contribution in [0.3, 0.4) is 0 Å². The van der Waals surface area contributed by atoms with E-state index in [-0.39, 0.29) is 11.3 Å². The molecule has 0 fully saturated rings. The molecule has 1 aromatic heterocycles. The summed E-state index contributed by atoms with van der Waals surface area (Å²) >= 11 is 1.68. The zero-order valence-corrected chi connectivity index (χ0v) is 10.8. The number of thiophene rings is 1. The summed E-state index contributed by atoms with van der Waals surface area (Å²) in [4.78, 5) is 11.5. The van der Waals surface area contributed by atoms with Gasteiger partial charge in [0.1, 0.15) is 11.6 Å². The molecule has 0 unspecified atom stereocenters. The molecule has 0 aliphatic carbocycles. The van der Waals surface area contributed by atoms with Crippen molar-refractivity contribution in [2.45, 2.75) is 6.42 Å². The molecule has 0 atom stereocenters. The molecular weight excluding hydrogens is 262 g/mol. The maximum absolute atomic E-state index is 10.8. The highest BCUT2D eigenvalue weighted by Crippen LogP contribution is 2.22. The Morgan fingerprint density at radius 3 is 2.89 bits per heavy atom. The summed E-state index contributed by atoms with van der Waals surface area (Å²) in [5.41, 5.74) is 0.569. The predicted octanol–water partition coefficient (Wildman–Crippen LogP) is 3.18. The van der Waals surface area contributed by atoms with Crippen molar-refractivity contribution in [2.75, 3.05) is 11.9 Å². The summed E-state index contributed by atoms with van der Waals surface area (Å²) < 4.78 is 0. The Morgan fingerprint density at radius 1 is 1.42 bits per heavy atom. The first-order valence-electron chi connectivity index (χ1n) is 5.65. The van der Waals surface area contributed by atoms with Crippen molar-refractivity contribution in [3.8, 4) is 6.07 Å². The van der Waals surface area contributed by atoms with E-state index < -0.39 is 4.92 Å². The van der Waals surface area contributed by atoms with Gasteiger partial charge in [0.2, 0.25) is 0 Å². The van der Waals surface area contributed by atoms with E-state index in [2.05, 4.69) is 5.32 Å². The Morgan fingerprint density at radius 2 is 2.26 bits per heavy atom. The van der Waals surface area contributed by atoms with Crippen molar-refractivity contribution in [3.05, 3.63) is 56.3 Å². The fraction of sp³-hybridized carbons (Fsp3) is 0.154. The zero-order valence-electron chi connectivity index (χ0n) is 10.00. The predicted molar refractivity (Wildman–Crippen MR) is 74.3 cm³/mol. The van der Waals surface area contributed by atoms with Crippen molar-refractivity contribution >= 4 is 22.7 Å². The summed E-state index contributed by atoms with van der Waals surface area (Å²) in [6, 6.07) is 10.4. The lowest BCUT2D eigenvalue weighted by Gasteiger charge is -2.05. The van der Waals surface area contributed by atoms with E-state index >= 15 is 0 Å². The monoisotopic (exact) mass is 273 g/mol. The number of nitrogens with one attached hydrogen (secondary N) is 1. The summed E-state index contributed by atoms with van der Waals surface area (Å²) in [5, 5.41) is 24.7. The molecule has 19 heavy (non-hydrogen) atoms. The first kappa shape index (κ1) is 13.1. The molecule has 0 spiro atoms. The lowest BCUT2D eigenvalue weighted by molar-refractivity contribution is -0.385. The number of hydrogen-bond donors (Lipinski definition) is 1. The minimum atomic E-state index is -0.539. The first-order chi connectivity index (χ1) is 9.20. The van der Waals surface area contributed by atoms with Crippen LogP contribution in [-0.2, 0) is 6.42 Å². The number of rotatable bonds is 5. The highest BCUT2D eigenvalue weighted by Gasteiger charge is 2.13. The molecule has 2 rings (SSSR count). The molecule has 1 N–H and O–H groups in total. The largest absolute Gasteiger partial charge is 0.384 e. The topological polar surface area (TPSA) is 79.0 Å². The van der Waals surface area contributed by atoms with Gasteiger partial charge in [-0.05, 0) is 30.0 Å². The minimum absolute atomic E-state index is 0.0776. The van der Waals surface area contributed by atoms with Gasteiger partial charge < -0.3 is 5.32 Å². The molecule has 1 heterocycles. The van der Waals surface area contributed by atoms with E-state index in [1.165, 1.54) is 17.0 Å². The number of nitrogens with zero attached hydrogens (tertiary/aromatic N) is 2. The van der Waals surface area contributed by atoms with Gasteiger partial charge in [0.15, 0.2) is 0 Å². The fourth-order valence-electron chi connectivity index (χ4n) is 1.67. The third-order valence-corrected chi connectivity index (χ3v) is 3.53. The van der Waals surface area contributed by atoms with Crippen LogP contribution in [0.4, 0.5) is 11.4 Å². The van der Waals surface area contributed by atoms with E-state index in [0.717, 1.165) is 6.42 Å². The van der Waals surface area contributed by atoms with E-state index in [0.29, 0.717) is 12.2 Å². The molecule has 0 amide bonds. The highest BCUT2D eigenvalue weighted by molar-refractivity contribution is 7.09. The Labute approximate surface area is 114 Å². The molecule has 6 heteroatoms. The number of benzene rings is 1. The molecular formula is C13H11N3O2S. The lowest BCUT2D eigenvalue weighted by atomic mass is 10.2. The molecule has 0 saturated heterocycles. The Bertz CT molecular complexity index is 617. The highest BCUT2D eigenvalue weighted by atomic mass is 32.1. The van der Waals surface area contributed by atoms with Gasteiger partial charge in [-0.25, -0.2) is 0 Å². The smallest absolute Gasteiger partial charge is 0.289 e. The third-order valence-electron chi connectivity index (χ3n) is 2.60. The molecule has 0 aliphatic heterocycles. The molecule has 0 aliphatic rings. The number of nitro groups is 1. The molecule has 1 aromatic carbocycles. The van der Waals surface area contributed by atoms with E-state index in [4.69, 9.17) is 5.26 Å². The van der Waals surface area contributed by atoms with E-state index in [9.17, 15) is 10.1 Å². The SMILES string of the molecule is N#Cc1ccc(NCCc2cccs2)cc1[N+](=O)[O-]. The van der Waals surface area contributed by atoms with Crippen LogP contribution in [0.5, 0.6) is 0 Å². The zero-order chi connectivity index (χ0) is 13.7. The molecule has 2 aromatic rings. The summed E-state index contributed by atoms with van der Waals surface area (Å²) in [5.74, 6) is 0. The standard InChI is InChI=1S/C13H11N3O2S/c14-9-10-3-4-11(8-13(10)16(17)18)15-6-5-12-2-1-7-19-12/h1-4,7-8,15H,5-6H2. The van der Waals surface area contributed by atoms with Crippen LogP contribution in [0.2, 0.25) is 0 Å².